The van der Waals surface area contributed by atoms with Gasteiger partial charge in [-0.1, -0.05) is 0 Å². The molecule has 0 spiro atoms. The Balaban J connectivity index is 2.13. The van der Waals surface area contributed by atoms with Crippen LogP contribution >= 0.6 is 0 Å². The van der Waals surface area contributed by atoms with Crippen molar-refractivity contribution < 1.29 is 18.7 Å². The normalized spacial score (nSPS) is 14.6. The highest BCUT2D eigenvalue weighted by atomic mass is 16.5. The van der Waals surface area contributed by atoms with Gasteiger partial charge in [0.05, 0.1) is 26.3 Å². The zero-order chi connectivity index (χ0) is 16.6. The Kier molecular flexibility index (Phi) is 4.09. The quantitative estimate of drug-likeness (QED) is 0.800. The zero-order valence-electron chi connectivity index (χ0n) is 13.5. The number of nitrogens with zero attached hydrogens (tertiary/aromatic N) is 1. The Hall–Kier alpha value is -2.34. The standard InChI is InChI=1S/C17H19NO5/c1-10(19)8-18-5-4-11-12-6-15(21-2)16(22-3)7-14(12)23-17(20)13(11)9-18/h6-7H,4-5,8-9H2,1-3H3. The number of methoxy groups -OCH3 is 2. The molecule has 3 rings (SSSR count). The molecule has 2 aromatic rings. The van der Waals surface area contributed by atoms with Crippen LogP contribution in [-0.2, 0) is 17.8 Å². The molecule has 1 aliphatic rings. The minimum atomic E-state index is -0.354. The maximum atomic E-state index is 12.3. The second-order valence-corrected chi connectivity index (χ2v) is 5.71. The van der Waals surface area contributed by atoms with Gasteiger partial charge in [-0.3, -0.25) is 9.69 Å². The molecule has 0 atom stereocenters. The first-order chi connectivity index (χ1) is 11.0. The molecule has 1 aromatic heterocycles. The first-order valence-corrected chi connectivity index (χ1v) is 7.46. The number of carbonyl (C=O) groups is 1. The van der Waals surface area contributed by atoms with Gasteiger partial charge in [-0.25, -0.2) is 4.79 Å². The van der Waals surface area contributed by atoms with E-state index in [4.69, 9.17) is 13.9 Å². The van der Waals surface area contributed by atoms with Crippen molar-refractivity contribution in [2.24, 2.45) is 0 Å². The second kappa shape index (κ2) is 6.04. The molecule has 1 aromatic carbocycles. The molecule has 0 unspecified atom stereocenters. The molecule has 0 N–H and O–H groups in total. The van der Waals surface area contributed by atoms with E-state index in [1.807, 2.05) is 11.0 Å². The van der Waals surface area contributed by atoms with E-state index in [1.165, 1.54) is 0 Å². The van der Waals surface area contributed by atoms with Crippen LogP contribution in [0.15, 0.2) is 21.3 Å². The molecule has 23 heavy (non-hydrogen) atoms. The summed E-state index contributed by atoms with van der Waals surface area (Å²) in [6, 6.07) is 3.52. The van der Waals surface area contributed by atoms with Gasteiger partial charge in [-0.2, -0.15) is 0 Å². The van der Waals surface area contributed by atoms with Gasteiger partial charge < -0.3 is 13.9 Å². The molecular weight excluding hydrogens is 298 g/mol. The van der Waals surface area contributed by atoms with Gasteiger partial charge in [0.2, 0.25) is 0 Å². The molecule has 2 heterocycles. The monoisotopic (exact) mass is 317 g/mol. The number of carbonyl (C=O) groups excluding carboxylic acids is 1. The summed E-state index contributed by atoms with van der Waals surface area (Å²) < 4.78 is 16.0. The summed E-state index contributed by atoms with van der Waals surface area (Å²) in [5, 5.41) is 0.861. The van der Waals surface area contributed by atoms with E-state index in [0.29, 0.717) is 42.2 Å². The molecular formula is C17H19NO5. The summed E-state index contributed by atoms with van der Waals surface area (Å²) in [5.74, 6) is 1.21. The minimum Gasteiger partial charge on any atom is -0.493 e. The summed E-state index contributed by atoms with van der Waals surface area (Å²) in [6.45, 7) is 3.07. The largest absolute Gasteiger partial charge is 0.493 e. The zero-order valence-corrected chi connectivity index (χ0v) is 13.5. The van der Waals surface area contributed by atoms with Crippen LogP contribution in [0, 0.1) is 0 Å². The lowest BCUT2D eigenvalue weighted by Crippen LogP contribution is -2.36. The second-order valence-electron chi connectivity index (χ2n) is 5.71. The molecule has 6 heteroatoms. The minimum absolute atomic E-state index is 0.0880. The van der Waals surface area contributed by atoms with E-state index in [0.717, 1.165) is 17.5 Å². The molecule has 0 bridgehead atoms. The van der Waals surface area contributed by atoms with Crippen LogP contribution in [0.3, 0.4) is 0 Å². The van der Waals surface area contributed by atoms with Crippen LogP contribution in [0.4, 0.5) is 0 Å². The number of benzene rings is 1. The van der Waals surface area contributed by atoms with E-state index in [9.17, 15) is 9.59 Å². The SMILES string of the molecule is COc1cc2oc(=O)c3c(c2cc1OC)CCN(CC(C)=O)C3. The topological polar surface area (TPSA) is 69.0 Å². The fraction of sp³-hybridized carbons (Fsp3) is 0.412. The van der Waals surface area contributed by atoms with Crippen molar-refractivity contribution >= 4 is 16.8 Å². The molecule has 0 radical (unpaired) electrons. The van der Waals surface area contributed by atoms with Gasteiger partial charge in [-0.05, 0) is 25.0 Å². The highest BCUT2D eigenvalue weighted by Crippen LogP contribution is 2.35. The third-order valence-corrected chi connectivity index (χ3v) is 4.13. The molecule has 6 nitrogen and oxygen atoms in total. The summed E-state index contributed by atoms with van der Waals surface area (Å²) >= 11 is 0. The van der Waals surface area contributed by atoms with Gasteiger partial charge in [0.1, 0.15) is 11.4 Å². The number of hydrogen-bond acceptors (Lipinski definition) is 6. The average Bonchev–Trinajstić information content (AvgIpc) is 2.53. The average molecular weight is 317 g/mol. The van der Waals surface area contributed by atoms with E-state index in [1.54, 1.807) is 27.2 Å². The van der Waals surface area contributed by atoms with Gasteiger partial charge >= 0.3 is 5.63 Å². The molecule has 0 amide bonds. The van der Waals surface area contributed by atoms with Gasteiger partial charge in [0.15, 0.2) is 11.5 Å². The predicted octanol–water partition coefficient (Wildman–Crippen LogP) is 1.76. The maximum Gasteiger partial charge on any atom is 0.341 e. The van der Waals surface area contributed by atoms with Gasteiger partial charge in [0, 0.05) is 24.5 Å². The third kappa shape index (κ3) is 2.82. The van der Waals surface area contributed by atoms with E-state index in [-0.39, 0.29) is 11.4 Å². The van der Waals surface area contributed by atoms with Crippen LogP contribution in [0.5, 0.6) is 11.5 Å². The number of rotatable bonds is 4. The van der Waals surface area contributed by atoms with Crippen LogP contribution in [0.2, 0.25) is 0 Å². The fourth-order valence-corrected chi connectivity index (χ4v) is 3.10. The molecule has 0 saturated carbocycles. The van der Waals surface area contributed by atoms with Crippen molar-refractivity contribution in [1.29, 1.82) is 0 Å². The molecule has 0 saturated heterocycles. The molecule has 122 valence electrons. The number of Topliss-reactive ketones (excluding diaryl/α,β-unsaturated/α-hetero) is 1. The van der Waals surface area contributed by atoms with E-state index >= 15 is 0 Å². The number of ether oxygens (including phenoxy) is 2. The van der Waals surface area contributed by atoms with Crippen molar-refractivity contribution in [3.8, 4) is 11.5 Å². The number of hydrogen-bond donors (Lipinski definition) is 0. The van der Waals surface area contributed by atoms with Crippen LogP contribution < -0.4 is 15.1 Å². The third-order valence-electron chi connectivity index (χ3n) is 4.13. The smallest absolute Gasteiger partial charge is 0.341 e. The van der Waals surface area contributed by atoms with Crippen molar-refractivity contribution in [2.45, 2.75) is 19.9 Å². The highest BCUT2D eigenvalue weighted by Gasteiger charge is 2.24. The number of fused-ring (bicyclic) bond motifs is 3. The Morgan fingerprint density at radius 2 is 1.91 bits per heavy atom. The Morgan fingerprint density at radius 3 is 2.57 bits per heavy atom. The first-order valence-electron chi connectivity index (χ1n) is 7.46. The Morgan fingerprint density at radius 1 is 1.22 bits per heavy atom. The Bertz CT molecular complexity index is 824. The van der Waals surface area contributed by atoms with Gasteiger partial charge in [-0.15, -0.1) is 0 Å². The van der Waals surface area contributed by atoms with Crippen molar-refractivity contribution in [2.75, 3.05) is 27.3 Å². The molecule has 1 aliphatic heterocycles. The van der Waals surface area contributed by atoms with Gasteiger partial charge in [0.25, 0.3) is 0 Å². The lowest BCUT2D eigenvalue weighted by atomic mass is 9.97. The lowest BCUT2D eigenvalue weighted by Gasteiger charge is -2.27. The van der Waals surface area contributed by atoms with Crippen LogP contribution in [-0.4, -0.2) is 38.0 Å². The number of ketones is 1. The van der Waals surface area contributed by atoms with Crippen LogP contribution in [0.25, 0.3) is 11.0 Å². The fourth-order valence-electron chi connectivity index (χ4n) is 3.10. The van der Waals surface area contributed by atoms with Crippen molar-refractivity contribution in [3.05, 3.63) is 33.7 Å². The predicted molar refractivity (Wildman–Crippen MR) is 85.3 cm³/mol. The van der Waals surface area contributed by atoms with E-state index < -0.39 is 0 Å². The summed E-state index contributed by atoms with van der Waals surface area (Å²) in [4.78, 5) is 25.6. The van der Waals surface area contributed by atoms with E-state index in [2.05, 4.69) is 0 Å². The van der Waals surface area contributed by atoms with Crippen molar-refractivity contribution in [1.82, 2.24) is 4.90 Å². The summed E-state index contributed by atoms with van der Waals surface area (Å²) in [6.07, 6.45) is 0.695. The molecule has 0 aliphatic carbocycles. The maximum absolute atomic E-state index is 12.3. The van der Waals surface area contributed by atoms with Crippen molar-refractivity contribution in [3.63, 3.8) is 0 Å². The lowest BCUT2D eigenvalue weighted by molar-refractivity contribution is -0.118. The highest BCUT2D eigenvalue weighted by molar-refractivity contribution is 5.85. The summed E-state index contributed by atoms with van der Waals surface area (Å²) in [7, 11) is 3.11. The summed E-state index contributed by atoms with van der Waals surface area (Å²) in [5.41, 5.74) is 1.73. The molecule has 0 fully saturated rings. The first kappa shape index (κ1) is 15.6. The van der Waals surface area contributed by atoms with Crippen LogP contribution in [0.1, 0.15) is 18.1 Å². The Labute approximate surface area is 133 Å².